The summed E-state index contributed by atoms with van der Waals surface area (Å²) in [6, 6.07) is 2.46. The number of carbonyl (C=O) groups excluding carboxylic acids is 6. The fourth-order valence-corrected chi connectivity index (χ4v) is 6.78. The summed E-state index contributed by atoms with van der Waals surface area (Å²) < 4.78 is 17.1. The minimum atomic E-state index is -2.73. The number of ether oxygens (including phenoxy) is 3. The van der Waals surface area contributed by atoms with Crippen molar-refractivity contribution >= 4 is 41.0 Å². The van der Waals surface area contributed by atoms with E-state index in [0.29, 0.717) is 17.9 Å². The summed E-state index contributed by atoms with van der Waals surface area (Å²) in [5.74, 6) is -8.04. The lowest BCUT2D eigenvalue weighted by atomic mass is 9.58. The molecule has 13 nitrogen and oxygen atoms in total. The van der Waals surface area contributed by atoms with Gasteiger partial charge in [-0.05, 0) is 57.0 Å². The molecule has 1 aromatic rings. The van der Waals surface area contributed by atoms with Crippen LogP contribution >= 0.6 is 0 Å². The maximum Gasteiger partial charge on any atom is 0.307 e. The molecule has 4 rings (SSSR count). The molecule has 0 saturated heterocycles. The number of esters is 2. The van der Waals surface area contributed by atoms with Gasteiger partial charge in [-0.15, -0.1) is 0 Å². The molecule has 0 fully saturated rings. The van der Waals surface area contributed by atoms with E-state index in [0.717, 1.165) is 39.3 Å². The Bertz CT molecular complexity index is 1570. The van der Waals surface area contributed by atoms with Crippen molar-refractivity contribution in [3.05, 3.63) is 45.9 Å². The lowest BCUT2D eigenvalue weighted by molar-refractivity contribution is -0.158. The number of likely N-dealkylation sites (N-methyl/N-ethyl adjacent to an activating group) is 1. The van der Waals surface area contributed by atoms with E-state index in [1.54, 1.807) is 25.1 Å². The van der Waals surface area contributed by atoms with Crippen LogP contribution in [0.1, 0.15) is 62.9 Å². The maximum absolute atomic E-state index is 14.6. The quantitative estimate of drug-likeness (QED) is 0.229. The lowest BCUT2D eigenvalue weighted by Gasteiger charge is -2.51. The molecule has 0 spiro atoms. The van der Waals surface area contributed by atoms with Crippen molar-refractivity contribution in [1.82, 2.24) is 10.2 Å². The fraction of sp³-hybridized carbons (Fsp3) is 0.515. The zero-order valence-corrected chi connectivity index (χ0v) is 27.4. The molecule has 0 saturated carbocycles. The number of imide groups is 1. The van der Waals surface area contributed by atoms with Gasteiger partial charge in [-0.1, -0.05) is 13.3 Å². The first-order valence-electron chi connectivity index (χ1n) is 15.2. The summed E-state index contributed by atoms with van der Waals surface area (Å²) in [5.41, 5.74) is -1.90. The summed E-state index contributed by atoms with van der Waals surface area (Å²) >= 11 is 0. The Morgan fingerprint density at radius 3 is 2.22 bits per heavy atom. The van der Waals surface area contributed by atoms with Crippen molar-refractivity contribution in [3.63, 3.8) is 0 Å². The molecule has 1 aromatic carbocycles. The number of nitrogens with zero attached hydrogens (tertiary/aromatic N) is 2. The first-order chi connectivity index (χ1) is 21.6. The molecule has 0 aromatic heterocycles. The van der Waals surface area contributed by atoms with E-state index >= 15 is 0 Å². The molecule has 0 radical (unpaired) electrons. The van der Waals surface area contributed by atoms with E-state index in [2.05, 4.69) is 0 Å². The standard InChI is InChI=1S/C33H41N3O10/c1-9-10-13-44-23-12-11-22(35(5)6)20-14-19-15-21-27(36(7)8)29(45-17(3)38)26(32(42)34-16(2)37)30(41)33(21,43)31(46-18(4)39)24(19)28(40)25(20)23/h11-12,19,21,27,43H,9-10,13-15H2,1-8H3,(H,34,37,42). The van der Waals surface area contributed by atoms with Crippen molar-refractivity contribution < 1.29 is 48.1 Å². The molecule has 0 bridgehead atoms. The largest absolute Gasteiger partial charge is 0.493 e. The predicted molar refractivity (Wildman–Crippen MR) is 165 cm³/mol. The molecule has 0 heterocycles. The Hall–Kier alpha value is -4.36. The number of benzene rings is 1. The molecule has 3 aliphatic rings. The van der Waals surface area contributed by atoms with Gasteiger partial charge in [-0.2, -0.15) is 0 Å². The number of Topliss-reactive ketones (excluding diaryl/α,β-unsaturated/α-hetero) is 2. The topological polar surface area (TPSA) is 169 Å². The number of aliphatic hydroxyl groups is 1. The smallest absolute Gasteiger partial charge is 0.307 e. The molecule has 4 atom stereocenters. The van der Waals surface area contributed by atoms with Gasteiger partial charge in [0.05, 0.1) is 18.2 Å². The van der Waals surface area contributed by atoms with Crippen LogP contribution in [0.4, 0.5) is 5.69 Å². The third-order valence-corrected chi connectivity index (χ3v) is 8.53. The molecular formula is C33H41N3O10. The van der Waals surface area contributed by atoms with Gasteiger partial charge in [0.25, 0.3) is 5.91 Å². The van der Waals surface area contributed by atoms with Crippen LogP contribution in [0.5, 0.6) is 5.75 Å². The summed E-state index contributed by atoms with van der Waals surface area (Å²) in [7, 11) is 6.89. The number of rotatable bonds is 9. The highest BCUT2D eigenvalue weighted by atomic mass is 16.6. The van der Waals surface area contributed by atoms with Crippen LogP contribution in [0.25, 0.3) is 0 Å². The lowest BCUT2D eigenvalue weighted by Crippen LogP contribution is -2.64. The third-order valence-electron chi connectivity index (χ3n) is 8.53. The highest BCUT2D eigenvalue weighted by molar-refractivity contribution is 6.27. The normalized spacial score (nSPS) is 23.7. The van der Waals surface area contributed by atoms with Crippen LogP contribution in [-0.4, -0.2) is 91.8 Å². The van der Waals surface area contributed by atoms with Crippen molar-refractivity contribution in [1.29, 1.82) is 0 Å². The number of amides is 2. The molecule has 0 aliphatic heterocycles. The first-order valence-corrected chi connectivity index (χ1v) is 15.2. The monoisotopic (exact) mass is 639 g/mol. The maximum atomic E-state index is 14.6. The molecule has 2 amide bonds. The number of hydrogen-bond donors (Lipinski definition) is 2. The van der Waals surface area contributed by atoms with Crippen LogP contribution in [0.2, 0.25) is 0 Å². The van der Waals surface area contributed by atoms with Crippen LogP contribution in [0, 0.1) is 11.8 Å². The van der Waals surface area contributed by atoms with Gasteiger partial charge in [-0.3, -0.25) is 39.0 Å². The fourth-order valence-electron chi connectivity index (χ4n) is 6.78. The second-order valence-corrected chi connectivity index (χ2v) is 12.3. The number of hydrogen-bond acceptors (Lipinski definition) is 12. The number of fused-ring (bicyclic) bond motifs is 3. The summed E-state index contributed by atoms with van der Waals surface area (Å²) in [4.78, 5) is 82.6. The number of nitrogens with one attached hydrogen (secondary N) is 1. The number of allylic oxidation sites excluding steroid dienone is 1. The van der Waals surface area contributed by atoms with Gasteiger partial charge in [0.15, 0.2) is 17.1 Å². The van der Waals surface area contributed by atoms with Crippen molar-refractivity contribution in [2.45, 2.75) is 65.0 Å². The van der Waals surface area contributed by atoms with Crippen LogP contribution in [-0.2, 0) is 39.9 Å². The van der Waals surface area contributed by atoms with Gasteiger partial charge < -0.3 is 24.2 Å². The summed E-state index contributed by atoms with van der Waals surface area (Å²) in [6.07, 6.45) is 1.88. The van der Waals surface area contributed by atoms with E-state index in [-0.39, 0.29) is 29.7 Å². The number of ketones is 2. The number of anilines is 1. The minimum Gasteiger partial charge on any atom is -0.493 e. The van der Waals surface area contributed by atoms with Gasteiger partial charge >= 0.3 is 11.9 Å². The highest BCUT2D eigenvalue weighted by Gasteiger charge is 2.65. The third kappa shape index (κ3) is 5.96. The summed E-state index contributed by atoms with van der Waals surface area (Å²) in [6.45, 7) is 5.57. The van der Waals surface area contributed by atoms with Gasteiger partial charge in [-0.25, -0.2) is 0 Å². The Labute approximate surface area is 267 Å². The Morgan fingerprint density at radius 1 is 1.02 bits per heavy atom. The minimum absolute atomic E-state index is 0.0104. The molecule has 3 aliphatic carbocycles. The second-order valence-electron chi connectivity index (χ2n) is 12.3. The van der Waals surface area contributed by atoms with E-state index < -0.39 is 70.1 Å². The SMILES string of the molecule is CCCCOc1ccc(N(C)C)c2c1C(=O)C1=C(OC(C)=O)C3(O)C(=O)C(C(=O)NC(C)=O)=C(OC(C)=O)C(N(C)C)C3CC1C2. The van der Waals surface area contributed by atoms with Gasteiger partial charge in [0.2, 0.25) is 11.7 Å². The molecule has 2 N–H and O–H groups in total. The zero-order chi connectivity index (χ0) is 34.2. The zero-order valence-electron chi connectivity index (χ0n) is 27.4. The molecule has 46 heavy (non-hydrogen) atoms. The van der Waals surface area contributed by atoms with E-state index in [4.69, 9.17) is 14.2 Å². The van der Waals surface area contributed by atoms with Gasteiger partial charge in [0.1, 0.15) is 17.1 Å². The Morgan fingerprint density at radius 2 is 1.67 bits per heavy atom. The second kappa shape index (κ2) is 13.2. The van der Waals surface area contributed by atoms with Crippen molar-refractivity contribution in [3.8, 4) is 5.75 Å². The van der Waals surface area contributed by atoms with E-state index in [9.17, 15) is 33.9 Å². The van der Waals surface area contributed by atoms with Crippen LogP contribution in [0.3, 0.4) is 0 Å². The van der Waals surface area contributed by atoms with Crippen LogP contribution < -0.4 is 15.0 Å². The van der Waals surface area contributed by atoms with Crippen LogP contribution in [0.15, 0.2) is 34.8 Å². The van der Waals surface area contributed by atoms with Gasteiger partial charge in [0, 0.05) is 52.0 Å². The average molecular weight is 640 g/mol. The number of unbranched alkanes of at least 4 members (excludes halogenated alkanes) is 1. The Kier molecular flexibility index (Phi) is 9.88. The predicted octanol–water partition coefficient (Wildman–Crippen LogP) is 1.85. The average Bonchev–Trinajstić information content (AvgIpc) is 2.93. The highest BCUT2D eigenvalue weighted by Crippen LogP contribution is 2.54. The molecule has 4 unspecified atom stereocenters. The molecular weight excluding hydrogens is 598 g/mol. The van der Waals surface area contributed by atoms with Crippen molar-refractivity contribution in [2.24, 2.45) is 11.8 Å². The Balaban J connectivity index is 2.05. The molecule has 13 heteroatoms. The van der Waals surface area contributed by atoms with E-state index in [1.165, 1.54) is 0 Å². The van der Waals surface area contributed by atoms with Crippen molar-refractivity contribution in [2.75, 3.05) is 39.7 Å². The van der Waals surface area contributed by atoms with E-state index in [1.807, 2.05) is 37.3 Å². The molecule has 248 valence electrons. The number of carbonyl (C=O) groups is 6. The summed E-state index contributed by atoms with van der Waals surface area (Å²) in [5, 5.41) is 14.6. The first kappa shape index (κ1) is 34.5.